The highest BCUT2D eigenvalue weighted by Crippen LogP contribution is 2.37. The van der Waals surface area contributed by atoms with Gasteiger partial charge in [-0.1, -0.05) is 42.5 Å². The molecular formula is C22H18N2O3S. The number of fused-ring (bicyclic) bond motifs is 1. The summed E-state index contributed by atoms with van der Waals surface area (Å²) in [4.78, 5) is 30.0. The fraction of sp³-hybridized carbons (Fsp3) is 0.136. The van der Waals surface area contributed by atoms with E-state index in [1.165, 1.54) is 11.8 Å². The number of esters is 1. The SMILES string of the molecule is O=C(C[C@@H]1Sc2ccccc2NC1=O)O[C@@H](c1ccccc1)c1ccncc1. The highest BCUT2D eigenvalue weighted by molar-refractivity contribution is 8.01. The molecular weight excluding hydrogens is 372 g/mol. The molecule has 2 heterocycles. The summed E-state index contributed by atoms with van der Waals surface area (Å²) in [6.45, 7) is 0. The Bertz CT molecular complexity index is 940. The first kappa shape index (κ1) is 18.3. The van der Waals surface area contributed by atoms with Crippen molar-refractivity contribution in [3.63, 3.8) is 0 Å². The third kappa shape index (κ3) is 4.07. The summed E-state index contributed by atoms with van der Waals surface area (Å²) in [5, 5.41) is 2.34. The first-order valence-electron chi connectivity index (χ1n) is 8.91. The minimum Gasteiger partial charge on any atom is -0.452 e. The predicted octanol–water partition coefficient (Wildman–Crippen LogP) is 4.22. The van der Waals surface area contributed by atoms with Crippen LogP contribution in [0.3, 0.4) is 0 Å². The smallest absolute Gasteiger partial charge is 0.308 e. The number of amides is 1. The van der Waals surface area contributed by atoms with Crippen molar-refractivity contribution in [2.24, 2.45) is 0 Å². The molecule has 0 radical (unpaired) electrons. The Morgan fingerprint density at radius 3 is 2.46 bits per heavy atom. The zero-order valence-electron chi connectivity index (χ0n) is 14.9. The highest BCUT2D eigenvalue weighted by Gasteiger charge is 2.30. The Morgan fingerprint density at radius 2 is 1.68 bits per heavy atom. The fourth-order valence-corrected chi connectivity index (χ4v) is 4.15. The number of nitrogens with zero attached hydrogens (tertiary/aromatic N) is 1. The molecule has 1 aliphatic heterocycles. The minimum absolute atomic E-state index is 0.000743. The van der Waals surface area contributed by atoms with Gasteiger partial charge in [0.15, 0.2) is 6.10 Å². The molecule has 0 unspecified atom stereocenters. The summed E-state index contributed by atoms with van der Waals surface area (Å²) in [6, 6.07) is 20.7. The molecule has 0 bridgehead atoms. The standard InChI is InChI=1S/C22H18N2O3S/c25-20(14-19-22(26)24-17-8-4-5-9-18(17)28-19)27-21(15-6-2-1-3-7-15)16-10-12-23-13-11-16/h1-13,19,21H,14H2,(H,24,26)/t19-,21-/m0/s1. The zero-order chi connectivity index (χ0) is 19.3. The van der Waals surface area contributed by atoms with Gasteiger partial charge in [-0.25, -0.2) is 0 Å². The van der Waals surface area contributed by atoms with Crippen LogP contribution in [-0.4, -0.2) is 22.1 Å². The van der Waals surface area contributed by atoms with Gasteiger partial charge in [-0.15, -0.1) is 11.8 Å². The maximum Gasteiger partial charge on any atom is 0.308 e. The van der Waals surface area contributed by atoms with Crippen molar-refractivity contribution >= 4 is 29.3 Å². The molecule has 2 atom stereocenters. The molecule has 6 heteroatoms. The molecule has 4 rings (SSSR count). The van der Waals surface area contributed by atoms with E-state index >= 15 is 0 Å². The van der Waals surface area contributed by atoms with E-state index in [0.717, 1.165) is 21.7 Å². The molecule has 3 aromatic rings. The van der Waals surface area contributed by atoms with Gasteiger partial charge in [0.1, 0.15) is 0 Å². The van der Waals surface area contributed by atoms with Gasteiger partial charge in [0.05, 0.1) is 17.4 Å². The average molecular weight is 390 g/mol. The van der Waals surface area contributed by atoms with Gasteiger partial charge >= 0.3 is 5.97 Å². The van der Waals surface area contributed by atoms with E-state index in [9.17, 15) is 9.59 Å². The molecule has 0 spiro atoms. The first-order valence-corrected chi connectivity index (χ1v) is 9.79. The molecule has 0 saturated heterocycles. The van der Waals surface area contributed by atoms with Gasteiger partial charge in [0, 0.05) is 22.9 Å². The summed E-state index contributed by atoms with van der Waals surface area (Å²) in [7, 11) is 0. The number of nitrogens with one attached hydrogen (secondary N) is 1. The number of pyridine rings is 1. The lowest BCUT2D eigenvalue weighted by Gasteiger charge is -2.24. The van der Waals surface area contributed by atoms with Gasteiger partial charge in [0.25, 0.3) is 0 Å². The number of hydrogen-bond acceptors (Lipinski definition) is 5. The van der Waals surface area contributed by atoms with Crippen LogP contribution in [0.1, 0.15) is 23.7 Å². The second-order valence-electron chi connectivity index (χ2n) is 6.36. The van der Waals surface area contributed by atoms with Crippen LogP contribution in [0.4, 0.5) is 5.69 Å². The van der Waals surface area contributed by atoms with Crippen LogP contribution in [-0.2, 0) is 14.3 Å². The summed E-state index contributed by atoms with van der Waals surface area (Å²) in [6.07, 6.45) is 2.79. The van der Waals surface area contributed by atoms with Crippen LogP contribution in [0.15, 0.2) is 84.0 Å². The Labute approximate surface area is 167 Å². The van der Waals surface area contributed by atoms with Crippen molar-refractivity contribution in [3.05, 3.63) is 90.3 Å². The normalized spacial score (nSPS) is 16.6. The van der Waals surface area contributed by atoms with Crippen molar-refractivity contribution in [2.75, 3.05) is 5.32 Å². The largest absolute Gasteiger partial charge is 0.452 e. The molecule has 0 fully saturated rings. The summed E-state index contributed by atoms with van der Waals surface area (Å²) >= 11 is 1.39. The molecule has 2 aromatic carbocycles. The van der Waals surface area contributed by atoms with E-state index in [2.05, 4.69) is 10.3 Å². The second kappa shape index (κ2) is 8.27. The van der Waals surface area contributed by atoms with Crippen molar-refractivity contribution in [1.29, 1.82) is 0 Å². The maximum absolute atomic E-state index is 12.7. The van der Waals surface area contributed by atoms with E-state index in [1.54, 1.807) is 12.4 Å². The predicted molar refractivity (Wildman–Crippen MR) is 108 cm³/mol. The lowest BCUT2D eigenvalue weighted by molar-refractivity contribution is -0.148. The van der Waals surface area contributed by atoms with Gasteiger partial charge in [0.2, 0.25) is 5.91 Å². The lowest BCUT2D eigenvalue weighted by atomic mass is 10.0. The molecule has 1 aliphatic rings. The number of thioether (sulfide) groups is 1. The second-order valence-corrected chi connectivity index (χ2v) is 7.60. The maximum atomic E-state index is 12.7. The van der Waals surface area contributed by atoms with Crippen molar-refractivity contribution < 1.29 is 14.3 Å². The Hall–Kier alpha value is -3.12. The van der Waals surface area contributed by atoms with Gasteiger partial charge < -0.3 is 10.1 Å². The molecule has 5 nitrogen and oxygen atoms in total. The Morgan fingerprint density at radius 1 is 1.00 bits per heavy atom. The van der Waals surface area contributed by atoms with Crippen LogP contribution in [0.2, 0.25) is 0 Å². The summed E-state index contributed by atoms with van der Waals surface area (Å²) in [5.74, 6) is -0.599. The number of hydrogen-bond donors (Lipinski definition) is 1. The van der Waals surface area contributed by atoms with E-state index in [1.807, 2.05) is 66.7 Å². The molecule has 1 amide bonds. The molecule has 140 valence electrons. The van der Waals surface area contributed by atoms with Crippen molar-refractivity contribution in [1.82, 2.24) is 4.98 Å². The van der Waals surface area contributed by atoms with Crippen LogP contribution in [0, 0.1) is 0 Å². The molecule has 28 heavy (non-hydrogen) atoms. The van der Waals surface area contributed by atoms with Crippen LogP contribution >= 0.6 is 11.8 Å². The number of rotatable bonds is 5. The molecule has 0 aliphatic carbocycles. The van der Waals surface area contributed by atoms with E-state index in [4.69, 9.17) is 4.74 Å². The molecule has 1 N–H and O–H groups in total. The van der Waals surface area contributed by atoms with E-state index in [-0.39, 0.29) is 12.3 Å². The number of anilines is 1. The first-order chi connectivity index (χ1) is 13.7. The Kier molecular flexibility index (Phi) is 5.39. The molecule has 0 saturated carbocycles. The Balaban J connectivity index is 1.50. The minimum atomic E-state index is -0.541. The number of aromatic nitrogens is 1. The van der Waals surface area contributed by atoms with E-state index < -0.39 is 17.3 Å². The van der Waals surface area contributed by atoms with Gasteiger partial charge in [-0.3, -0.25) is 14.6 Å². The van der Waals surface area contributed by atoms with Crippen molar-refractivity contribution in [3.8, 4) is 0 Å². The number of carbonyl (C=O) groups excluding carboxylic acids is 2. The average Bonchev–Trinajstić information content (AvgIpc) is 2.74. The van der Waals surface area contributed by atoms with Crippen molar-refractivity contribution in [2.45, 2.75) is 22.7 Å². The zero-order valence-corrected chi connectivity index (χ0v) is 15.8. The number of carbonyl (C=O) groups is 2. The summed E-state index contributed by atoms with van der Waals surface area (Å²) < 4.78 is 5.80. The lowest BCUT2D eigenvalue weighted by Crippen LogP contribution is -2.31. The highest BCUT2D eigenvalue weighted by atomic mass is 32.2. The van der Waals surface area contributed by atoms with Crippen LogP contribution in [0.5, 0.6) is 0 Å². The van der Waals surface area contributed by atoms with Gasteiger partial charge in [-0.05, 0) is 29.8 Å². The van der Waals surface area contributed by atoms with Crippen LogP contribution in [0.25, 0.3) is 0 Å². The monoisotopic (exact) mass is 390 g/mol. The number of para-hydroxylation sites is 1. The third-order valence-electron chi connectivity index (χ3n) is 4.42. The van der Waals surface area contributed by atoms with Crippen LogP contribution < -0.4 is 5.32 Å². The van der Waals surface area contributed by atoms with E-state index in [0.29, 0.717) is 0 Å². The topological polar surface area (TPSA) is 68.3 Å². The quantitative estimate of drug-likeness (QED) is 0.661. The fourth-order valence-electron chi connectivity index (χ4n) is 3.05. The summed E-state index contributed by atoms with van der Waals surface area (Å²) in [5.41, 5.74) is 2.48. The number of ether oxygens (including phenoxy) is 1. The van der Waals surface area contributed by atoms with Gasteiger partial charge in [-0.2, -0.15) is 0 Å². The third-order valence-corrected chi connectivity index (χ3v) is 5.69. The number of benzene rings is 2. The molecule has 1 aromatic heterocycles.